The normalized spacial score (nSPS) is 15.3. The monoisotopic (exact) mass is 292 g/mol. The van der Waals surface area contributed by atoms with Crippen LogP contribution in [0, 0.1) is 6.92 Å². The molecule has 4 rings (SSSR count). The minimum absolute atomic E-state index is 0.551. The predicted molar refractivity (Wildman–Crippen MR) is 76.0 cm³/mol. The van der Waals surface area contributed by atoms with Gasteiger partial charge in [0, 0.05) is 13.0 Å². The first kappa shape index (κ1) is 11.3. The number of hydrogen-bond acceptors (Lipinski definition) is 7. The summed E-state index contributed by atoms with van der Waals surface area (Å²) >= 11 is 3.04. The second kappa shape index (κ2) is 3.97. The van der Waals surface area contributed by atoms with Crippen LogP contribution in [0.2, 0.25) is 0 Å². The van der Waals surface area contributed by atoms with E-state index < -0.39 is 0 Å². The Bertz CT molecular complexity index is 751. The topological polar surface area (TPSA) is 68.0 Å². The van der Waals surface area contributed by atoms with Crippen LogP contribution < -0.4 is 5.32 Å². The highest BCUT2D eigenvalue weighted by molar-refractivity contribution is 7.20. The highest BCUT2D eigenvalue weighted by Crippen LogP contribution is 2.41. The van der Waals surface area contributed by atoms with Gasteiger partial charge in [0.05, 0.1) is 11.3 Å². The van der Waals surface area contributed by atoms with Gasteiger partial charge in [0.25, 0.3) is 0 Å². The minimum Gasteiger partial charge on any atom is -0.378 e. The maximum Gasteiger partial charge on any atom is 0.234 e. The Morgan fingerprint density at radius 2 is 2.16 bits per heavy atom. The molecule has 0 unspecified atom stereocenters. The Morgan fingerprint density at radius 1 is 1.32 bits per heavy atom. The van der Waals surface area contributed by atoms with Gasteiger partial charge >= 0.3 is 0 Å². The van der Waals surface area contributed by atoms with Crippen molar-refractivity contribution in [3.05, 3.63) is 11.5 Å². The molecule has 0 saturated heterocycles. The lowest BCUT2D eigenvalue weighted by atomic mass is 10.2. The quantitative estimate of drug-likeness (QED) is 0.803. The number of aromatic nitrogens is 5. The van der Waals surface area contributed by atoms with Crippen LogP contribution >= 0.6 is 22.9 Å². The number of hydrogen-bond donors (Lipinski definition) is 1. The zero-order valence-electron chi connectivity index (χ0n) is 10.5. The molecule has 0 atom stereocenters. The van der Waals surface area contributed by atoms with Crippen molar-refractivity contribution in [1.82, 2.24) is 24.2 Å². The smallest absolute Gasteiger partial charge is 0.234 e. The van der Waals surface area contributed by atoms with Crippen molar-refractivity contribution in [2.45, 2.75) is 25.7 Å². The van der Waals surface area contributed by atoms with Crippen molar-refractivity contribution in [2.75, 3.05) is 12.4 Å². The van der Waals surface area contributed by atoms with Crippen LogP contribution in [0.4, 0.5) is 5.00 Å². The Labute approximate surface area is 117 Å². The van der Waals surface area contributed by atoms with Crippen molar-refractivity contribution in [3.8, 4) is 10.6 Å². The Morgan fingerprint density at radius 3 is 2.89 bits per heavy atom. The molecule has 0 aromatic carbocycles. The molecule has 0 aliphatic heterocycles. The first-order chi connectivity index (χ1) is 9.28. The lowest BCUT2D eigenvalue weighted by Crippen LogP contribution is -1.94. The van der Waals surface area contributed by atoms with Gasteiger partial charge in [-0.2, -0.15) is 14.0 Å². The number of fused-ring (bicyclic) bond motifs is 1. The molecule has 3 heterocycles. The van der Waals surface area contributed by atoms with Gasteiger partial charge in [0.1, 0.15) is 5.00 Å². The number of anilines is 1. The highest BCUT2D eigenvalue weighted by atomic mass is 32.1. The van der Waals surface area contributed by atoms with Crippen LogP contribution in [-0.2, 0) is 0 Å². The maximum atomic E-state index is 4.68. The van der Waals surface area contributed by atoms with E-state index in [4.69, 9.17) is 0 Å². The number of rotatable bonds is 3. The van der Waals surface area contributed by atoms with Crippen LogP contribution in [0.5, 0.6) is 0 Å². The Kier molecular flexibility index (Phi) is 2.36. The third-order valence-electron chi connectivity index (χ3n) is 3.26. The van der Waals surface area contributed by atoms with Crippen LogP contribution in [0.1, 0.15) is 30.3 Å². The largest absolute Gasteiger partial charge is 0.378 e. The number of nitrogens with zero attached hydrogens (tertiary/aromatic N) is 5. The molecule has 3 aromatic heterocycles. The molecule has 8 heteroatoms. The molecular formula is C11H12N6S2. The lowest BCUT2D eigenvalue weighted by Gasteiger charge is -1.98. The van der Waals surface area contributed by atoms with E-state index in [2.05, 4.69) is 25.0 Å². The average molecular weight is 292 g/mol. The van der Waals surface area contributed by atoms with E-state index >= 15 is 0 Å². The third-order valence-corrected chi connectivity index (χ3v) is 5.13. The summed E-state index contributed by atoms with van der Waals surface area (Å²) in [6, 6.07) is 0. The zero-order valence-corrected chi connectivity index (χ0v) is 12.2. The molecule has 0 bridgehead atoms. The summed E-state index contributed by atoms with van der Waals surface area (Å²) < 4.78 is 6.29. The molecule has 0 amide bonds. The van der Waals surface area contributed by atoms with Gasteiger partial charge in [-0.15, -0.1) is 10.2 Å². The maximum absolute atomic E-state index is 4.68. The van der Waals surface area contributed by atoms with Gasteiger partial charge in [0.15, 0.2) is 10.8 Å². The second-order valence-electron chi connectivity index (χ2n) is 4.66. The molecule has 19 heavy (non-hydrogen) atoms. The average Bonchev–Trinajstić information content (AvgIpc) is 2.88. The summed E-state index contributed by atoms with van der Waals surface area (Å²) in [6.45, 7) is 2.01. The molecule has 0 spiro atoms. The fraction of sp³-hybridized carbons (Fsp3) is 0.455. The molecule has 6 nitrogen and oxygen atoms in total. The van der Waals surface area contributed by atoms with Crippen LogP contribution in [-0.4, -0.2) is 31.2 Å². The predicted octanol–water partition coefficient (Wildman–Crippen LogP) is 2.54. The number of nitrogens with one attached hydrogen (secondary N) is 1. The Hall–Kier alpha value is -1.54. The summed E-state index contributed by atoms with van der Waals surface area (Å²) in [6.07, 6.45) is 2.41. The van der Waals surface area contributed by atoms with Gasteiger partial charge < -0.3 is 5.32 Å². The molecule has 98 valence electrons. The van der Waals surface area contributed by atoms with E-state index in [1.807, 2.05) is 18.5 Å². The summed E-state index contributed by atoms with van der Waals surface area (Å²) in [4.78, 5) is 0.865. The third kappa shape index (κ3) is 1.67. The first-order valence-corrected chi connectivity index (χ1v) is 7.73. The van der Waals surface area contributed by atoms with Gasteiger partial charge in [-0.1, -0.05) is 11.3 Å². The molecule has 1 fully saturated rings. The van der Waals surface area contributed by atoms with Crippen LogP contribution in [0.15, 0.2) is 0 Å². The molecule has 1 saturated carbocycles. The van der Waals surface area contributed by atoms with Crippen LogP contribution in [0.25, 0.3) is 15.5 Å². The van der Waals surface area contributed by atoms with Gasteiger partial charge in [-0.05, 0) is 31.3 Å². The van der Waals surface area contributed by atoms with E-state index in [0.717, 1.165) is 32.1 Å². The van der Waals surface area contributed by atoms with Crippen molar-refractivity contribution >= 4 is 32.8 Å². The number of aryl methyl sites for hydroxylation is 1. The fourth-order valence-electron chi connectivity index (χ4n) is 2.12. The molecule has 1 aliphatic rings. The molecule has 1 aliphatic carbocycles. The van der Waals surface area contributed by atoms with Gasteiger partial charge in [-0.25, -0.2) is 0 Å². The van der Waals surface area contributed by atoms with Crippen molar-refractivity contribution in [3.63, 3.8) is 0 Å². The van der Waals surface area contributed by atoms with Crippen molar-refractivity contribution in [2.24, 2.45) is 0 Å². The summed E-state index contributed by atoms with van der Waals surface area (Å²) in [5.74, 6) is 1.56. The summed E-state index contributed by atoms with van der Waals surface area (Å²) in [5, 5.41) is 18.3. The second-order valence-corrected chi connectivity index (χ2v) is 6.39. The molecular weight excluding hydrogens is 280 g/mol. The van der Waals surface area contributed by atoms with Crippen molar-refractivity contribution in [1.29, 1.82) is 0 Å². The highest BCUT2D eigenvalue weighted by Gasteiger charge is 2.30. The van der Waals surface area contributed by atoms with E-state index in [0.29, 0.717) is 5.92 Å². The molecule has 1 N–H and O–H groups in total. The molecule has 0 radical (unpaired) electrons. The first-order valence-electron chi connectivity index (χ1n) is 6.14. The van der Waals surface area contributed by atoms with Crippen LogP contribution in [0.3, 0.4) is 0 Å². The van der Waals surface area contributed by atoms with E-state index in [1.54, 1.807) is 11.3 Å². The summed E-state index contributed by atoms with van der Waals surface area (Å²) in [5.41, 5.74) is 2.09. The van der Waals surface area contributed by atoms with E-state index in [1.165, 1.54) is 24.4 Å². The molecule has 3 aromatic rings. The zero-order chi connectivity index (χ0) is 13.0. The fourth-order valence-corrected chi connectivity index (χ4v) is 3.88. The van der Waals surface area contributed by atoms with E-state index in [9.17, 15) is 0 Å². The standard InChI is InChI=1S/C11H12N6S2/c1-5-7(9(12-2)19-16-5)10-15-17-8(6-3-4-6)13-14-11(17)18-10/h6,12H,3-4H2,1-2H3. The summed E-state index contributed by atoms with van der Waals surface area (Å²) in [7, 11) is 1.91. The lowest BCUT2D eigenvalue weighted by molar-refractivity contribution is 0.828. The minimum atomic E-state index is 0.551. The van der Waals surface area contributed by atoms with Gasteiger partial charge in [-0.3, -0.25) is 0 Å². The SMILES string of the molecule is CNc1snc(C)c1-c1nn2c(C3CC3)nnc2s1. The Balaban J connectivity index is 1.88. The van der Waals surface area contributed by atoms with E-state index in [-0.39, 0.29) is 0 Å². The van der Waals surface area contributed by atoms with Gasteiger partial charge in [0.2, 0.25) is 4.96 Å². The van der Waals surface area contributed by atoms with Crippen molar-refractivity contribution < 1.29 is 0 Å².